The average Bonchev–Trinajstić information content (AvgIpc) is 2.82. The van der Waals surface area contributed by atoms with Gasteiger partial charge in [0.05, 0.1) is 17.4 Å². The van der Waals surface area contributed by atoms with Crippen molar-refractivity contribution in [2.45, 2.75) is 0 Å². The van der Waals surface area contributed by atoms with Gasteiger partial charge in [-0.25, -0.2) is 0 Å². The monoisotopic (exact) mass is 272 g/mol. The Labute approximate surface area is 113 Å². The van der Waals surface area contributed by atoms with Crippen LogP contribution in [0.3, 0.4) is 0 Å². The van der Waals surface area contributed by atoms with Crippen LogP contribution in [0.5, 0.6) is 0 Å². The highest BCUT2D eigenvalue weighted by molar-refractivity contribution is 6.31. The maximum atomic E-state index is 12.1. The van der Waals surface area contributed by atoms with Crippen molar-refractivity contribution in [3.05, 3.63) is 53.4 Å². The summed E-state index contributed by atoms with van der Waals surface area (Å²) >= 11 is 5.88. The van der Waals surface area contributed by atoms with Crippen molar-refractivity contribution in [1.82, 2.24) is 15.2 Å². The molecule has 5 nitrogen and oxygen atoms in total. The van der Waals surface area contributed by atoms with Crippen molar-refractivity contribution >= 4 is 34.1 Å². The predicted molar refractivity (Wildman–Crippen MR) is 73.3 cm³/mol. The Morgan fingerprint density at radius 1 is 1.32 bits per heavy atom. The number of hydrogen-bond acceptors (Lipinski definition) is 3. The molecule has 0 bridgehead atoms. The summed E-state index contributed by atoms with van der Waals surface area (Å²) < 4.78 is 0. The summed E-state index contributed by atoms with van der Waals surface area (Å²) in [5.74, 6) is -0.290. The average molecular weight is 273 g/mol. The van der Waals surface area contributed by atoms with Gasteiger partial charge in [-0.2, -0.15) is 5.10 Å². The molecule has 1 amide bonds. The molecule has 0 unspecified atom stereocenters. The van der Waals surface area contributed by atoms with E-state index in [1.165, 1.54) is 0 Å². The maximum Gasteiger partial charge on any atom is 0.276 e. The van der Waals surface area contributed by atoms with Crippen molar-refractivity contribution in [3.63, 3.8) is 0 Å². The number of nitrogens with one attached hydrogen (secondary N) is 2. The molecule has 0 saturated carbocycles. The molecule has 0 aliphatic heterocycles. The first-order valence-electron chi connectivity index (χ1n) is 5.59. The maximum absolute atomic E-state index is 12.1. The lowest BCUT2D eigenvalue weighted by atomic mass is 10.2. The number of aromatic nitrogens is 3. The highest BCUT2D eigenvalue weighted by Gasteiger charge is 2.14. The van der Waals surface area contributed by atoms with E-state index in [1.54, 1.807) is 42.7 Å². The number of carbonyl (C=O) groups excluding carboxylic acids is 1. The van der Waals surface area contributed by atoms with Crippen molar-refractivity contribution in [2.24, 2.45) is 0 Å². The fourth-order valence-corrected chi connectivity index (χ4v) is 1.96. The molecule has 0 aliphatic rings. The summed E-state index contributed by atoms with van der Waals surface area (Å²) in [4.78, 5) is 16.1. The first-order valence-corrected chi connectivity index (χ1v) is 5.97. The zero-order valence-electron chi connectivity index (χ0n) is 9.72. The molecule has 0 saturated heterocycles. The Morgan fingerprint density at radius 2 is 2.21 bits per heavy atom. The van der Waals surface area contributed by atoms with Gasteiger partial charge < -0.3 is 5.32 Å². The SMILES string of the molecule is O=C(Nc1cccnc1)c1n[nH]c2cc(Cl)ccc12. The minimum absolute atomic E-state index is 0.290. The first kappa shape index (κ1) is 11.7. The molecule has 94 valence electrons. The van der Waals surface area contributed by atoms with E-state index in [2.05, 4.69) is 20.5 Å². The zero-order chi connectivity index (χ0) is 13.2. The summed E-state index contributed by atoms with van der Waals surface area (Å²) in [7, 11) is 0. The van der Waals surface area contributed by atoms with E-state index in [4.69, 9.17) is 11.6 Å². The van der Waals surface area contributed by atoms with Gasteiger partial charge in [0, 0.05) is 16.6 Å². The van der Waals surface area contributed by atoms with Crippen LogP contribution in [0.25, 0.3) is 10.9 Å². The van der Waals surface area contributed by atoms with E-state index in [-0.39, 0.29) is 5.91 Å². The summed E-state index contributed by atoms with van der Waals surface area (Å²) in [6.07, 6.45) is 3.21. The lowest BCUT2D eigenvalue weighted by Gasteiger charge is -2.02. The first-order chi connectivity index (χ1) is 9.24. The molecule has 19 heavy (non-hydrogen) atoms. The third-order valence-electron chi connectivity index (χ3n) is 2.66. The van der Waals surface area contributed by atoms with Crippen molar-refractivity contribution in [1.29, 1.82) is 0 Å². The summed E-state index contributed by atoms with van der Waals surface area (Å²) in [6, 6.07) is 8.72. The molecule has 2 heterocycles. The molecular weight excluding hydrogens is 264 g/mol. The number of pyridine rings is 1. The van der Waals surface area contributed by atoms with Crippen LogP contribution in [-0.4, -0.2) is 21.1 Å². The van der Waals surface area contributed by atoms with Crippen LogP contribution >= 0.6 is 11.6 Å². The van der Waals surface area contributed by atoms with E-state index >= 15 is 0 Å². The van der Waals surface area contributed by atoms with Crippen LogP contribution in [0, 0.1) is 0 Å². The topological polar surface area (TPSA) is 70.7 Å². The Morgan fingerprint density at radius 3 is 3.00 bits per heavy atom. The van der Waals surface area contributed by atoms with Gasteiger partial charge in [0.25, 0.3) is 5.91 Å². The number of aromatic amines is 1. The molecule has 1 aromatic carbocycles. The second kappa shape index (κ2) is 4.70. The molecule has 3 rings (SSSR count). The number of hydrogen-bond donors (Lipinski definition) is 2. The second-order valence-electron chi connectivity index (χ2n) is 3.96. The standard InChI is InChI=1S/C13H9ClN4O/c14-8-3-4-10-11(6-8)17-18-12(10)13(19)16-9-2-1-5-15-7-9/h1-7H,(H,16,19)(H,17,18). The number of amides is 1. The number of halogens is 1. The molecule has 3 aromatic rings. The van der Waals surface area contributed by atoms with Crippen LogP contribution in [0.15, 0.2) is 42.7 Å². The Bertz CT molecular complexity index is 739. The van der Waals surface area contributed by atoms with Crippen molar-refractivity contribution in [2.75, 3.05) is 5.32 Å². The summed E-state index contributed by atoms with van der Waals surface area (Å²) in [5, 5.41) is 10.9. The largest absolute Gasteiger partial charge is 0.319 e. The van der Waals surface area contributed by atoms with Crippen molar-refractivity contribution < 1.29 is 4.79 Å². The van der Waals surface area contributed by atoms with Gasteiger partial charge >= 0.3 is 0 Å². The lowest BCUT2D eigenvalue weighted by molar-refractivity contribution is 0.102. The zero-order valence-corrected chi connectivity index (χ0v) is 10.5. The number of benzene rings is 1. The van der Waals surface area contributed by atoms with E-state index < -0.39 is 0 Å². The molecule has 0 spiro atoms. The summed E-state index contributed by atoms with van der Waals surface area (Å²) in [5.41, 5.74) is 1.68. The smallest absolute Gasteiger partial charge is 0.276 e. The van der Waals surface area contributed by atoms with Gasteiger partial charge in [0.15, 0.2) is 5.69 Å². The van der Waals surface area contributed by atoms with Gasteiger partial charge in [-0.3, -0.25) is 14.9 Å². The van der Waals surface area contributed by atoms with Gasteiger partial charge in [0.2, 0.25) is 0 Å². The molecule has 0 fully saturated rings. The highest BCUT2D eigenvalue weighted by Crippen LogP contribution is 2.20. The normalized spacial score (nSPS) is 10.6. The molecular formula is C13H9ClN4O. The van der Waals surface area contributed by atoms with Gasteiger partial charge in [-0.1, -0.05) is 11.6 Å². The molecule has 2 N–H and O–H groups in total. The van der Waals surface area contributed by atoms with Gasteiger partial charge in [-0.05, 0) is 30.3 Å². The Balaban J connectivity index is 1.94. The van der Waals surface area contributed by atoms with Crippen LogP contribution in [-0.2, 0) is 0 Å². The molecule has 0 aliphatic carbocycles. The summed E-state index contributed by atoms with van der Waals surface area (Å²) in [6.45, 7) is 0. The molecule has 6 heteroatoms. The van der Waals surface area contributed by atoms with Crippen LogP contribution < -0.4 is 5.32 Å². The van der Waals surface area contributed by atoms with E-state index in [9.17, 15) is 4.79 Å². The van der Waals surface area contributed by atoms with Gasteiger partial charge in [-0.15, -0.1) is 0 Å². The van der Waals surface area contributed by atoms with Gasteiger partial charge in [0.1, 0.15) is 0 Å². The fourth-order valence-electron chi connectivity index (χ4n) is 1.79. The minimum Gasteiger partial charge on any atom is -0.319 e. The van der Waals surface area contributed by atoms with E-state index in [1.807, 2.05) is 0 Å². The lowest BCUT2D eigenvalue weighted by Crippen LogP contribution is -2.12. The number of carbonyl (C=O) groups is 1. The molecule has 2 aromatic heterocycles. The third-order valence-corrected chi connectivity index (χ3v) is 2.89. The number of rotatable bonds is 2. The fraction of sp³-hybridized carbons (Fsp3) is 0. The van der Waals surface area contributed by atoms with Crippen molar-refractivity contribution in [3.8, 4) is 0 Å². The Hall–Kier alpha value is -2.40. The van der Waals surface area contributed by atoms with Crippen LogP contribution in [0.1, 0.15) is 10.5 Å². The minimum atomic E-state index is -0.290. The van der Waals surface area contributed by atoms with E-state index in [0.717, 1.165) is 10.9 Å². The number of fused-ring (bicyclic) bond motifs is 1. The number of H-pyrrole nitrogens is 1. The van der Waals surface area contributed by atoms with Crippen LogP contribution in [0.2, 0.25) is 5.02 Å². The third kappa shape index (κ3) is 2.28. The Kier molecular flexibility index (Phi) is 2.89. The second-order valence-corrected chi connectivity index (χ2v) is 4.39. The molecule has 0 radical (unpaired) electrons. The van der Waals surface area contributed by atoms with Crippen LogP contribution in [0.4, 0.5) is 5.69 Å². The highest BCUT2D eigenvalue weighted by atomic mass is 35.5. The number of anilines is 1. The molecule has 0 atom stereocenters. The predicted octanol–water partition coefficient (Wildman–Crippen LogP) is 2.86. The van der Waals surface area contributed by atoms with E-state index in [0.29, 0.717) is 16.4 Å². The quantitative estimate of drug-likeness (QED) is 0.753. The number of nitrogens with zero attached hydrogens (tertiary/aromatic N) is 2.